The van der Waals surface area contributed by atoms with Gasteiger partial charge in [0.15, 0.2) is 11.5 Å². The summed E-state index contributed by atoms with van der Waals surface area (Å²) in [5, 5.41) is 0. The van der Waals surface area contributed by atoms with Crippen LogP contribution in [0, 0.1) is 11.7 Å². The van der Waals surface area contributed by atoms with Gasteiger partial charge >= 0.3 is 0 Å². The second-order valence-electron chi connectivity index (χ2n) is 4.14. The fourth-order valence-electron chi connectivity index (χ4n) is 1.69. The van der Waals surface area contributed by atoms with Crippen LogP contribution in [0.1, 0.15) is 31.9 Å². The fraction of sp³-hybridized carbons (Fsp3) is 0.538. The lowest BCUT2D eigenvalue weighted by atomic mass is 9.93. The summed E-state index contributed by atoms with van der Waals surface area (Å²) in [5.41, 5.74) is 6.50. The third-order valence-corrected chi connectivity index (χ3v) is 3.12. The normalized spacial score (nSPS) is 14.2. The molecule has 3 nitrogen and oxygen atoms in total. The third-order valence-electron chi connectivity index (χ3n) is 3.12. The number of ether oxygens (including phenoxy) is 2. The minimum Gasteiger partial charge on any atom is -0.493 e. The summed E-state index contributed by atoms with van der Waals surface area (Å²) in [6, 6.07) is 2.60. The molecule has 0 aliphatic carbocycles. The molecular weight excluding hydrogens is 221 g/mol. The Morgan fingerprint density at radius 3 is 2.24 bits per heavy atom. The Morgan fingerprint density at radius 1 is 1.24 bits per heavy atom. The van der Waals surface area contributed by atoms with Gasteiger partial charge in [-0.25, -0.2) is 4.39 Å². The van der Waals surface area contributed by atoms with Crippen molar-refractivity contribution < 1.29 is 13.9 Å². The van der Waals surface area contributed by atoms with Gasteiger partial charge < -0.3 is 15.2 Å². The van der Waals surface area contributed by atoms with Gasteiger partial charge in [-0.3, -0.25) is 0 Å². The molecule has 0 saturated heterocycles. The van der Waals surface area contributed by atoms with Crippen LogP contribution < -0.4 is 15.2 Å². The Morgan fingerprint density at radius 2 is 1.76 bits per heavy atom. The van der Waals surface area contributed by atoms with Crippen molar-refractivity contribution in [1.82, 2.24) is 0 Å². The molecule has 2 atom stereocenters. The van der Waals surface area contributed by atoms with E-state index in [4.69, 9.17) is 15.2 Å². The standard InChI is InChI=1S/C13H20FNO2/c1-5-8(2)13(15)9-6-11(16-3)12(17-4)7-10(9)14/h6-8,13H,5,15H2,1-4H3. The molecule has 0 amide bonds. The molecule has 0 aliphatic heterocycles. The predicted molar refractivity (Wildman–Crippen MR) is 65.9 cm³/mol. The van der Waals surface area contributed by atoms with Gasteiger partial charge in [0.2, 0.25) is 0 Å². The number of methoxy groups -OCH3 is 2. The van der Waals surface area contributed by atoms with Crippen molar-refractivity contribution in [2.24, 2.45) is 11.7 Å². The van der Waals surface area contributed by atoms with Gasteiger partial charge in [-0.05, 0) is 12.0 Å². The predicted octanol–water partition coefficient (Wildman–Crippen LogP) is 2.89. The van der Waals surface area contributed by atoms with Crippen LogP contribution in [0.25, 0.3) is 0 Å². The van der Waals surface area contributed by atoms with Crippen molar-refractivity contribution >= 4 is 0 Å². The maximum Gasteiger partial charge on any atom is 0.163 e. The van der Waals surface area contributed by atoms with Crippen LogP contribution in [0.5, 0.6) is 11.5 Å². The zero-order valence-corrected chi connectivity index (χ0v) is 10.8. The van der Waals surface area contributed by atoms with Crippen LogP contribution in [-0.4, -0.2) is 14.2 Å². The summed E-state index contributed by atoms with van der Waals surface area (Å²) in [4.78, 5) is 0. The van der Waals surface area contributed by atoms with E-state index >= 15 is 0 Å². The van der Waals surface area contributed by atoms with Gasteiger partial charge in [-0.2, -0.15) is 0 Å². The average molecular weight is 241 g/mol. The first-order valence-corrected chi connectivity index (χ1v) is 5.72. The highest BCUT2D eigenvalue weighted by Gasteiger charge is 2.20. The molecule has 2 N–H and O–H groups in total. The molecular formula is C13H20FNO2. The zero-order valence-electron chi connectivity index (χ0n) is 10.8. The van der Waals surface area contributed by atoms with Crippen LogP contribution in [-0.2, 0) is 0 Å². The van der Waals surface area contributed by atoms with E-state index in [9.17, 15) is 4.39 Å². The molecule has 0 spiro atoms. The van der Waals surface area contributed by atoms with E-state index in [0.717, 1.165) is 6.42 Å². The van der Waals surface area contributed by atoms with Gasteiger partial charge in [0.25, 0.3) is 0 Å². The first-order valence-electron chi connectivity index (χ1n) is 5.72. The highest BCUT2D eigenvalue weighted by Crippen LogP contribution is 2.34. The quantitative estimate of drug-likeness (QED) is 0.862. The Labute approximate surface area is 102 Å². The highest BCUT2D eigenvalue weighted by molar-refractivity contribution is 5.44. The Kier molecular flexibility index (Phi) is 4.75. The second kappa shape index (κ2) is 5.87. The number of hydrogen-bond acceptors (Lipinski definition) is 3. The molecule has 1 aromatic rings. The zero-order chi connectivity index (χ0) is 13.0. The molecule has 0 bridgehead atoms. The largest absolute Gasteiger partial charge is 0.493 e. The third kappa shape index (κ3) is 2.88. The van der Waals surface area contributed by atoms with Crippen molar-refractivity contribution in [2.75, 3.05) is 14.2 Å². The monoisotopic (exact) mass is 241 g/mol. The molecule has 0 radical (unpaired) electrons. The number of rotatable bonds is 5. The van der Waals surface area contributed by atoms with E-state index in [-0.39, 0.29) is 17.8 Å². The minimum absolute atomic E-state index is 0.211. The molecule has 0 fully saturated rings. The van der Waals surface area contributed by atoms with Crippen LogP contribution in [0.15, 0.2) is 12.1 Å². The van der Waals surface area contributed by atoms with Gasteiger partial charge in [-0.15, -0.1) is 0 Å². The summed E-state index contributed by atoms with van der Waals surface area (Å²) in [7, 11) is 3.00. The maximum atomic E-state index is 13.9. The molecule has 17 heavy (non-hydrogen) atoms. The van der Waals surface area contributed by atoms with E-state index < -0.39 is 0 Å². The van der Waals surface area contributed by atoms with E-state index in [2.05, 4.69) is 0 Å². The van der Waals surface area contributed by atoms with Crippen LogP contribution >= 0.6 is 0 Å². The fourth-order valence-corrected chi connectivity index (χ4v) is 1.69. The Bertz CT molecular complexity index is 382. The first kappa shape index (κ1) is 13.8. The molecule has 0 heterocycles. The van der Waals surface area contributed by atoms with Crippen molar-refractivity contribution in [3.8, 4) is 11.5 Å². The molecule has 96 valence electrons. The Balaban J connectivity index is 3.16. The first-order chi connectivity index (χ1) is 8.04. The van der Waals surface area contributed by atoms with Gasteiger partial charge in [-0.1, -0.05) is 20.3 Å². The van der Waals surface area contributed by atoms with Crippen molar-refractivity contribution in [2.45, 2.75) is 26.3 Å². The van der Waals surface area contributed by atoms with Crippen molar-refractivity contribution in [1.29, 1.82) is 0 Å². The lowest BCUT2D eigenvalue weighted by molar-refractivity contribution is 0.349. The molecule has 1 aromatic carbocycles. The molecule has 2 unspecified atom stereocenters. The summed E-state index contributed by atoms with van der Waals surface area (Å²) >= 11 is 0. The smallest absolute Gasteiger partial charge is 0.163 e. The number of halogens is 1. The van der Waals surface area contributed by atoms with E-state index in [1.54, 1.807) is 6.07 Å². The summed E-state index contributed by atoms with van der Waals surface area (Å²) in [5.74, 6) is 0.741. The molecule has 0 aromatic heterocycles. The van der Waals surface area contributed by atoms with Crippen LogP contribution in [0.4, 0.5) is 4.39 Å². The summed E-state index contributed by atoms with van der Waals surface area (Å²) in [6.07, 6.45) is 0.898. The molecule has 0 aliphatic rings. The SMILES string of the molecule is CCC(C)C(N)c1cc(OC)c(OC)cc1F. The molecule has 4 heteroatoms. The highest BCUT2D eigenvalue weighted by atomic mass is 19.1. The Hall–Kier alpha value is -1.29. The molecule has 0 saturated carbocycles. The lowest BCUT2D eigenvalue weighted by Crippen LogP contribution is -2.20. The number of hydrogen-bond donors (Lipinski definition) is 1. The second-order valence-corrected chi connectivity index (χ2v) is 4.14. The van der Waals surface area contributed by atoms with Crippen LogP contribution in [0.2, 0.25) is 0 Å². The van der Waals surface area contributed by atoms with Crippen LogP contribution in [0.3, 0.4) is 0 Å². The molecule has 1 rings (SSSR count). The topological polar surface area (TPSA) is 44.5 Å². The van der Waals surface area contributed by atoms with Crippen molar-refractivity contribution in [3.63, 3.8) is 0 Å². The van der Waals surface area contributed by atoms with E-state index in [0.29, 0.717) is 17.1 Å². The van der Waals surface area contributed by atoms with Gasteiger partial charge in [0, 0.05) is 17.7 Å². The summed E-state index contributed by atoms with van der Waals surface area (Å²) in [6.45, 7) is 4.03. The van der Waals surface area contributed by atoms with Gasteiger partial charge in [0.05, 0.1) is 14.2 Å². The summed E-state index contributed by atoms with van der Waals surface area (Å²) < 4.78 is 24.1. The maximum absolute atomic E-state index is 13.9. The number of nitrogens with two attached hydrogens (primary N) is 1. The van der Waals surface area contributed by atoms with E-state index in [1.807, 2.05) is 13.8 Å². The van der Waals surface area contributed by atoms with E-state index in [1.165, 1.54) is 20.3 Å². The lowest BCUT2D eigenvalue weighted by Gasteiger charge is -2.20. The number of benzene rings is 1. The van der Waals surface area contributed by atoms with Crippen molar-refractivity contribution in [3.05, 3.63) is 23.5 Å². The minimum atomic E-state index is -0.351. The average Bonchev–Trinajstić information content (AvgIpc) is 2.36. The van der Waals surface area contributed by atoms with Gasteiger partial charge in [0.1, 0.15) is 5.82 Å².